The van der Waals surface area contributed by atoms with Crippen molar-refractivity contribution in [3.8, 4) is 0 Å². The molecule has 3 heteroatoms. The summed E-state index contributed by atoms with van der Waals surface area (Å²) in [5, 5.41) is 0. The maximum Gasteiger partial charge on any atom is 0.0717 e. The SMILES string of the molecule is CC(CN)COCc1ccccc1.Cl. The first-order valence-corrected chi connectivity index (χ1v) is 4.64. The number of rotatable bonds is 5. The van der Waals surface area contributed by atoms with Gasteiger partial charge in [-0.3, -0.25) is 0 Å². The first kappa shape index (κ1) is 13.4. The highest BCUT2D eigenvalue weighted by molar-refractivity contribution is 5.85. The molecule has 14 heavy (non-hydrogen) atoms. The highest BCUT2D eigenvalue weighted by Gasteiger charge is 1.98. The topological polar surface area (TPSA) is 35.2 Å². The molecule has 0 aliphatic rings. The third-order valence-electron chi connectivity index (χ3n) is 1.92. The molecule has 1 aromatic carbocycles. The molecule has 0 radical (unpaired) electrons. The van der Waals surface area contributed by atoms with Gasteiger partial charge in [0.05, 0.1) is 13.2 Å². The van der Waals surface area contributed by atoms with Gasteiger partial charge in [0.15, 0.2) is 0 Å². The molecule has 1 atom stereocenters. The summed E-state index contributed by atoms with van der Waals surface area (Å²) >= 11 is 0. The quantitative estimate of drug-likeness (QED) is 0.818. The summed E-state index contributed by atoms with van der Waals surface area (Å²) in [6.45, 7) is 4.20. The van der Waals surface area contributed by atoms with Crippen LogP contribution < -0.4 is 5.73 Å². The molecule has 1 rings (SSSR count). The highest BCUT2D eigenvalue weighted by Crippen LogP contribution is 2.02. The molecule has 80 valence electrons. The minimum atomic E-state index is 0. The van der Waals surface area contributed by atoms with E-state index in [4.69, 9.17) is 10.5 Å². The molecule has 2 nitrogen and oxygen atoms in total. The van der Waals surface area contributed by atoms with E-state index in [2.05, 4.69) is 19.1 Å². The normalized spacial score (nSPS) is 11.9. The molecule has 2 N–H and O–H groups in total. The van der Waals surface area contributed by atoms with Gasteiger partial charge in [-0.2, -0.15) is 0 Å². The molecule has 0 amide bonds. The number of halogens is 1. The minimum Gasteiger partial charge on any atom is -0.376 e. The maximum absolute atomic E-state index is 5.49. The number of ether oxygens (including phenoxy) is 1. The molecule has 0 heterocycles. The van der Waals surface area contributed by atoms with E-state index in [0.717, 1.165) is 6.61 Å². The lowest BCUT2D eigenvalue weighted by Gasteiger charge is -2.08. The van der Waals surface area contributed by atoms with Crippen LogP contribution in [0.25, 0.3) is 0 Å². The zero-order valence-corrected chi connectivity index (χ0v) is 9.30. The van der Waals surface area contributed by atoms with Crippen LogP contribution >= 0.6 is 12.4 Å². The smallest absolute Gasteiger partial charge is 0.0717 e. The number of nitrogens with two attached hydrogens (primary N) is 1. The lowest BCUT2D eigenvalue weighted by molar-refractivity contribution is 0.0944. The van der Waals surface area contributed by atoms with Crippen molar-refractivity contribution in [3.63, 3.8) is 0 Å². The number of benzene rings is 1. The molecule has 0 aliphatic carbocycles. The van der Waals surface area contributed by atoms with Gasteiger partial charge < -0.3 is 10.5 Å². The molecule has 0 spiro atoms. The summed E-state index contributed by atoms with van der Waals surface area (Å²) in [5.74, 6) is 0.448. The summed E-state index contributed by atoms with van der Waals surface area (Å²) in [5.41, 5.74) is 6.69. The average Bonchev–Trinajstić information content (AvgIpc) is 2.19. The molecule has 0 saturated heterocycles. The lowest BCUT2D eigenvalue weighted by Crippen LogP contribution is -2.16. The van der Waals surface area contributed by atoms with Gasteiger partial charge in [-0.15, -0.1) is 12.4 Å². The Morgan fingerprint density at radius 1 is 1.29 bits per heavy atom. The zero-order valence-electron chi connectivity index (χ0n) is 8.48. The van der Waals surface area contributed by atoms with Gasteiger partial charge in [-0.05, 0) is 18.0 Å². The van der Waals surface area contributed by atoms with E-state index in [1.165, 1.54) is 5.56 Å². The Morgan fingerprint density at radius 3 is 2.50 bits per heavy atom. The highest BCUT2D eigenvalue weighted by atomic mass is 35.5. The van der Waals surface area contributed by atoms with Crippen LogP contribution in [0.3, 0.4) is 0 Å². The van der Waals surface area contributed by atoms with E-state index in [1.807, 2.05) is 18.2 Å². The summed E-state index contributed by atoms with van der Waals surface area (Å²) < 4.78 is 5.49. The third-order valence-corrected chi connectivity index (χ3v) is 1.92. The largest absolute Gasteiger partial charge is 0.376 e. The molecular weight excluding hydrogens is 198 g/mol. The molecule has 0 bridgehead atoms. The van der Waals surface area contributed by atoms with E-state index in [-0.39, 0.29) is 12.4 Å². The molecule has 0 aliphatic heterocycles. The minimum absolute atomic E-state index is 0. The molecule has 0 fully saturated rings. The Bertz CT molecular complexity index is 228. The van der Waals surface area contributed by atoms with Crippen molar-refractivity contribution in [1.29, 1.82) is 0 Å². The second-order valence-electron chi connectivity index (χ2n) is 3.34. The second kappa shape index (κ2) is 7.80. The van der Waals surface area contributed by atoms with E-state index in [1.54, 1.807) is 0 Å². The van der Waals surface area contributed by atoms with Crippen molar-refractivity contribution in [3.05, 3.63) is 35.9 Å². The van der Waals surface area contributed by atoms with Crippen LogP contribution in [0.4, 0.5) is 0 Å². The fourth-order valence-corrected chi connectivity index (χ4v) is 1.02. The van der Waals surface area contributed by atoms with Gasteiger partial charge in [0.25, 0.3) is 0 Å². The standard InChI is InChI=1S/C11H17NO.ClH/c1-10(7-12)8-13-9-11-5-3-2-4-6-11;/h2-6,10H,7-9,12H2,1H3;1H. The van der Waals surface area contributed by atoms with Crippen molar-refractivity contribution in [2.45, 2.75) is 13.5 Å². The molecule has 0 saturated carbocycles. The zero-order chi connectivity index (χ0) is 9.52. The van der Waals surface area contributed by atoms with Crippen molar-refractivity contribution < 1.29 is 4.74 Å². The maximum atomic E-state index is 5.49. The number of hydrogen-bond acceptors (Lipinski definition) is 2. The fraction of sp³-hybridized carbons (Fsp3) is 0.455. The Labute approximate surface area is 91.9 Å². The summed E-state index contributed by atoms with van der Waals surface area (Å²) in [7, 11) is 0. The Hall–Kier alpha value is -0.570. The van der Waals surface area contributed by atoms with Gasteiger partial charge in [0.2, 0.25) is 0 Å². The Kier molecular flexibility index (Phi) is 7.48. The van der Waals surface area contributed by atoms with Gasteiger partial charge >= 0.3 is 0 Å². The molecule has 1 unspecified atom stereocenters. The van der Waals surface area contributed by atoms with Crippen LogP contribution in [-0.4, -0.2) is 13.2 Å². The van der Waals surface area contributed by atoms with Gasteiger partial charge in [-0.25, -0.2) is 0 Å². The monoisotopic (exact) mass is 215 g/mol. The Morgan fingerprint density at radius 2 is 1.93 bits per heavy atom. The average molecular weight is 216 g/mol. The van der Waals surface area contributed by atoms with Crippen molar-refractivity contribution >= 4 is 12.4 Å². The molecule has 0 aromatic heterocycles. The third kappa shape index (κ3) is 5.22. The van der Waals surface area contributed by atoms with Gasteiger partial charge in [-0.1, -0.05) is 37.3 Å². The van der Waals surface area contributed by atoms with E-state index in [9.17, 15) is 0 Å². The van der Waals surface area contributed by atoms with E-state index >= 15 is 0 Å². The fourth-order valence-electron chi connectivity index (χ4n) is 1.02. The summed E-state index contributed by atoms with van der Waals surface area (Å²) in [6.07, 6.45) is 0. The second-order valence-corrected chi connectivity index (χ2v) is 3.34. The van der Waals surface area contributed by atoms with Crippen LogP contribution in [0, 0.1) is 5.92 Å². The summed E-state index contributed by atoms with van der Waals surface area (Å²) in [4.78, 5) is 0. The van der Waals surface area contributed by atoms with Crippen LogP contribution in [0.1, 0.15) is 12.5 Å². The predicted molar refractivity (Wildman–Crippen MR) is 61.6 cm³/mol. The number of hydrogen-bond donors (Lipinski definition) is 1. The van der Waals surface area contributed by atoms with E-state index in [0.29, 0.717) is 19.1 Å². The summed E-state index contributed by atoms with van der Waals surface area (Å²) in [6, 6.07) is 10.2. The van der Waals surface area contributed by atoms with Gasteiger partial charge in [0, 0.05) is 0 Å². The van der Waals surface area contributed by atoms with E-state index < -0.39 is 0 Å². The van der Waals surface area contributed by atoms with Crippen molar-refractivity contribution in [2.75, 3.05) is 13.2 Å². The predicted octanol–water partition coefficient (Wildman–Crippen LogP) is 2.22. The first-order chi connectivity index (χ1) is 6.33. The molecular formula is C11H18ClNO. The van der Waals surface area contributed by atoms with Crippen LogP contribution in [0.5, 0.6) is 0 Å². The van der Waals surface area contributed by atoms with Gasteiger partial charge in [0.1, 0.15) is 0 Å². The van der Waals surface area contributed by atoms with Crippen LogP contribution in [0.2, 0.25) is 0 Å². The van der Waals surface area contributed by atoms with Crippen LogP contribution in [-0.2, 0) is 11.3 Å². The molecule has 1 aromatic rings. The van der Waals surface area contributed by atoms with Crippen molar-refractivity contribution in [1.82, 2.24) is 0 Å². The van der Waals surface area contributed by atoms with Crippen LogP contribution in [0.15, 0.2) is 30.3 Å². The Balaban J connectivity index is 0.00000169. The lowest BCUT2D eigenvalue weighted by atomic mass is 10.2. The van der Waals surface area contributed by atoms with Crippen molar-refractivity contribution in [2.24, 2.45) is 11.7 Å². The first-order valence-electron chi connectivity index (χ1n) is 4.64.